The first-order chi connectivity index (χ1) is 13.9. The number of carbonyl (C=O) groups excluding carboxylic acids is 2. The molecular formula is C20H22ClF3N4O2. The van der Waals surface area contributed by atoms with E-state index >= 15 is 0 Å². The van der Waals surface area contributed by atoms with Crippen molar-refractivity contribution in [3.8, 4) is 0 Å². The van der Waals surface area contributed by atoms with Crippen molar-refractivity contribution in [3.05, 3.63) is 46.2 Å². The van der Waals surface area contributed by atoms with Crippen molar-refractivity contribution >= 4 is 40.9 Å². The van der Waals surface area contributed by atoms with E-state index in [1.165, 1.54) is 13.0 Å². The van der Waals surface area contributed by atoms with Crippen molar-refractivity contribution < 1.29 is 22.8 Å². The Balaban J connectivity index is 2.27. The molecule has 30 heavy (non-hydrogen) atoms. The predicted molar refractivity (Wildman–Crippen MR) is 110 cm³/mol. The van der Waals surface area contributed by atoms with Crippen LogP contribution in [0.1, 0.15) is 37.6 Å². The average Bonchev–Trinajstić information content (AvgIpc) is 2.86. The van der Waals surface area contributed by atoms with Gasteiger partial charge in [0.1, 0.15) is 5.15 Å². The maximum Gasteiger partial charge on any atom is 0.416 e. The summed E-state index contributed by atoms with van der Waals surface area (Å²) in [5, 5.41) is 9.45. The topological polar surface area (TPSA) is 76.0 Å². The fourth-order valence-corrected chi connectivity index (χ4v) is 2.99. The van der Waals surface area contributed by atoms with Gasteiger partial charge in [0.05, 0.1) is 22.6 Å². The van der Waals surface area contributed by atoms with Gasteiger partial charge in [-0.2, -0.15) is 18.3 Å². The molecule has 0 aliphatic carbocycles. The van der Waals surface area contributed by atoms with Gasteiger partial charge in [-0.15, -0.1) is 0 Å². The number of carbonyl (C=O) groups is 2. The van der Waals surface area contributed by atoms with Crippen molar-refractivity contribution in [2.75, 3.05) is 10.6 Å². The third kappa shape index (κ3) is 6.09. The second-order valence-corrected chi connectivity index (χ2v) is 7.49. The second-order valence-electron chi connectivity index (χ2n) is 7.13. The molecule has 10 heteroatoms. The van der Waals surface area contributed by atoms with Gasteiger partial charge in [0.2, 0.25) is 11.8 Å². The Bertz CT molecular complexity index is 981. The van der Waals surface area contributed by atoms with Gasteiger partial charge < -0.3 is 10.6 Å². The zero-order valence-electron chi connectivity index (χ0n) is 16.9. The summed E-state index contributed by atoms with van der Waals surface area (Å²) in [6, 6.07) is 2.67. The number of rotatable bonds is 6. The summed E-state index contributed by atoms with van der Waals surface area (Å²) in [6.45, 7) is 7.57. The fraction of sp³-hybridized carbons (Fsp3) is 0.350. The molecule has 1 aromatic carbocycles. The molecule has 2 aromatic rings. The number of aryl methyl sites for hydroxylation is 1. The number of benzene rings is 1. The normalized spacial score (nSPS) is 11.9. The Hall–Kier alpha value is -2.81. The van der Waals surface area contributed by atoms with Crippen LogP contribution in [-0.4, -0.2) is 21.6 Å². The van der Waals surface area contributed by atoms with Crippen molar-refractivity contribution in [1.29, 1.82) is 0 Å². The molecule has 1 aromatic heterocycles. The van der Waals surface area contributed by atoms with Crippen LogP contribution >= 0.6 is 11.6 Å². The van der Waals surface area contributed by atoms with Crippen LogP contribution in [0.15, 0.2) is 24.3 Å². The van der Waals surface area contributed by atoms with E-state index in [0.717, 1.165) is 24.3 Å². The summed E-state index contributed by atoms with van der Waals surface area (Å²) >= 11 is 6.32. The van der Waals surface area contributed by atoms with E-state index in [4.69, 9.17) is 11.6 Å². The second kappa shape index (κ2) is 9.34. The quantitative estimate of drug-likeness (QED) is 0.609. The van der Waals surface area contributed by atoms with E-state index in [9.17, 15) is 22.8 Å². The summed E-state index contributed by atoms with van der Waals surface area (Å²) in [7, 11) is 0. The summed E-state index contributed by atoms with van der Waals surface area (Å²) in [6.07, 6.45) is -2.00. The van der Waals surface area contributed by atoms with Crippen LogP contribution in [0.5, 0.6) is 0 Å². The van der Waals surface area contributed by atoms with Gasteiger partial charge in [-0.25, -0.2) is 0 Å². The number of anilines is 2. The Morgan fingerprint density at radius 3 is 2.47 bits per heavy atom. The molecule has 0 fully saturated rings. The Kier molecular flexibility index (Phi) is 7.30. The van der Waals surface area contributed by atoms with Gasteiger partial charge in [-0.1, -0.05) is 25.4 Å². The lowest BCUT2D eigenvalue weighted by Gasteiger charge is -2.14. The monoisotopic (exact) mass is 442 g/mol. The molecule has 0 saturated heterocycles. The third-order valence-electron chi connectivity index (χ3n) is 3.96. The van der Waals surface area contributed by atoms with Crippen LogP contribution in [-0.2, 0) is 22.3 Å². The maximum atomic E-state index is 13.0. The van der Waals surface area contributed by atoms with Crippen molar-refractivity contribution in [3.63, 3.8) is 0 Å². The predicted octanol–water partition coefficient (Wildman–Crippen LogP) is 5.13. The Morgan fingerprint density at radius 2 is 1.90 bits per heavy atom. The largest absolute Gasteiger partial charge is 0.416 e. The first-order valence-electron chi connectivity index (χ1n) is 9.09. The molecule has 0 bridgehead atoms. The highest BCUT2D eigenvalue weighted by Gasteiger charge is 2.31. The smallest absolute Gasteiger partial charge is 0.325 e. The zero-order valence-corrected chi connectivity index (χ0v) is 17.6. The number of halogens is 4. The van der Waals surface area contributed by atoms with E-state index in [1.54, 1.807) is 11.6 Å². The number of hydrogen-bond acceptors (Lipinski definition) is 3. The number of nitrogens with zero attached hydrogens (tertiary/aromatic N) is 2. The van der Waals surface area contributed by atoms with Crippen molar-refractivity contribution in [1.82, 2.24) is 9.78 Å². The highest BCUT2D eigenvalue weighted by molar-refractivity contribution is 6.31. The van der Waals surface area contributed by atoms with E-state index in [-0.39, 0.29) is 11.4 Å². The van der Waals surface area contributed by atoms with Gasteiger partial charge >= 0.3 is 6.18 Å². The Morgan fingerprint density at radius 1 is 1.23 bits per heavy atom. The highest BCUT2D eigenvalue weighted by Crippen LogP contribution is 2.34. The number of aromatic nitrogens is 2. The Labute approximate surface area is 177 Å². The lowest BCUT2D eigenvalue weighted by Crippen LogP contribution is -2.15. The van der Waals surface area contributed by atoms with Crippen LogP contribution in [0, 0.1) is 12.8 Å². The zero-order chi connectivity index (χ0) is 22.6. The molecule has 0 unspecified atom stereocenters. The molecule has 0 atom stereocenters. The van der Waals surface area contributed by atoms with Gasteiger partial charge in [0.25, 0.3) is 0 Å². The molecule has 0 aliphatic rings. The summed E-state index contributed by atoms with van der Waals surface area (Å²) in [5.74, 6) is -0.858. The molecule has 2 amide bonds. The minimum Gasteiger partial charge on any atom is -0.325 e. The van der Waals surface area contributed by atoms with Gasteiger partial charge in [0, 0.05) is 25.1 Å². The van der Waals surface area contributed by atoms with Crippen LogP contribution in [0.3, 0.4) is 0 Å². The van der Waals surface area contributed by atoms with Crippen molar-refractivity contribution in [2.45, 2.75) is 40.4 Å². The number of hydrogen-bond donors (Lipinski definition) is 2. The molecule has 0 radical (unpaired) electrons. The third-order valence-corrected chi connectivity index (χ3v) is 4.36. The molecule has 2 N–H and O–H groups in total. The van der Waals surface area contributed by atoms with Crippen LogP contribution < -0.4 is 10.6 Å². The molecule has 2 rings (SSSR count). The highest BCUT2D eigenvalue weighted by atomic mass is 35.5. The van der Waals surface area contributed by atoms with E-state index in [1.807, 2.05) is 13.8 Å². The molecule has 0 spiro atoms. The van der Waals surface area contributed by atoms with Crippen molar-refractivity contribution in [2.24, 2.45) is 5.92 Å². The molecule has 0 saturated carbocycles. The fourth-order valence-electron chi connectivity index (χ4n) is 2.68. The molecule has 162 valence electrons. The minimum absolute atomic E-state index is 0.0521. The SMILES string of the molecule is CC(=O)Nc1ccc(C(F)(F)F)cc1NC(=O)/C=C/c1c(C)nn(CC(C)C)c1Cl. The van der Waals surface area contributed by atoms with Crippen LogP contribution in [0.4, 0.5) is 24.5 Å². The van der Waals surface area contributed by atoms with Gasteiger partial charge in [-0.05, 0) is 37.1 Å². The maximum absolute atomic E-state index is 13.0. The van der Waals surface area contributed by atoms with E-state index in [0.29, 0.717) is 28.9 Å². The molecule has 0 aliphatic heterocycles. The van der Waals surface area contributed by atoms with Gasteiger partial charge in [0.15, 0.2) is 0 Å². The first kappa shape index (κ1) is 23.5. The van der Waals surface area contributed by atoms with E-state index < -0.39 is 23.6 Å². The molecule has 1 heterocycles. The van der Waals surface area contributed by atoms with Gasteiger partial charge in [-0.3, -0.25) is 14.3 Å². The average molecular weight is 443 g/mol. The number of alkyl halides is 3. The van der Waals surface area contributed by atoms with E-state index in [2.05, 4.69) is 15.7 Å². The molecule has 6 nitrogen and oxygen atoms in total. The first-order valence-corrected chi connectivity index (χ1v) is 9.47. The summed E-state index contributed by atoms with van der Waals surface area (Å²) in [5.41, 5.74) is 0.0789. The van der Waals surface area contributed by atoms with Crippen LogP contribution in [0.25, 0.3) is 6.08 Å². The summed E-state index contributed by atoms with van der Waals surface area (Å²) in [4.78, 5) is 23.6. The lowest BCUT2D eigenvalue weighted by molar-refractivity contribution is -0.137. The molecular weight excluding hydrogens is 421 g/mol. The standard InChI is InChI=1S/C20H22ClF3N4O2/c1-11(2)10-28-19(21)15(12(3)27-28)6-8-18(30)26-17-9-14(20(22,23)24)5-7-16(17)25-13(4)29/h5-9,11H,10H2,1-4H3,(H,25,29)(H,26,30)/b8-6+. The number of amides is 2. The number of nitrogens with one attached hydrogen (secondary N) is 2. The summed E-state index contributed by atoms with van der Waals surface area (Å²) < 4.78 is 40.7. The minimum atomic E-state index is -4.60. The van der Waals surface area contributed by atoms with Crippen LogP contribution in [0.2, 0.25) is 5.15 Å². The lowest BCUT2D eigenvalue weighted by atomic mass is 10.1.